The normalized spacial score (nSPS) is 10.8. The maximum atomic E-state index is 11.3. The van der Waals surface area contributed by atoms with Crippen molar-refractivity contribution in [3.8, 4) is 0 Å². The lowest BCUT2D eigenvalue weighted by Gasteiger charge is -2.04. The molecule has 0 radical (unpaired) electrons. The first-order valence-electron chi connectivity index (χ1n) is 4.60. The fourth-order valence-corrected chi connectivity index (χ4v) is 1.76. The zero-order chi connectivity index (χ0) is 10.8. The Balaban J connectivity index is 2.80. The number of nitrogens with one attached hydrogen (secondary N) is 1. The minimum Gasteiger partial charge on any atom is -0.330 e. The monoisotopic (exact) mass is 223 g/mol. The van der Waals surface area contributed by atoms with E-state index in [0.29, 0.717) is 23.5 Å². The van der Waals surface area contributed by atoms with E-state index >= 15 is 0 Å². The molecule has 0 aliphatic heterocycles. The first-order valence-corrected chi connectivity index (χ1v) is 4.97. The number of nitrogens with two attached hydrogens (primary N) is 1. The minimum atomic E-state index is -0.390. The number of halogens is 1. The first kappa shape index (κ1) is 10.1. The molecule has 2 aromatic rings. The van der Waals surface area contributed by atoms with Gasteiger partial charge in [0.1, 0.15) is 0 Å². The Hall–Kier alpha value is -1.39. The van der Waals surface area contributed by atoms with Crippen molar-refractivity contribution in [2.75, 3.05) is 6.54 Å². The van der Waals surface area contributed by atoms with Gasteiger partial charge in [-0.25, -0.2) is 4.79 Å². The number of para-hydroxylation sites is 1. The van der Waals surface area contributed by atoms with E-state index < -0.39 is 0 Å². The molecule has 5 heteroatoms. The molecule has 4 nitrogen and oxygen atoms in total. The summed E-state index contributed by atoms with van der Waals surface area (Å²) in [6.07, 6.45) is 0.606. The van der Waals surface area contributed by atoms with Crippen LogP contribution in [-0.2, 0) is 6.42 Å². The van der Waals surface area contributed by atoms with Gasteiger partial charge < -0.3 is 10.7 Å². The average molecular weight is 224 g/mol. The van der Waals surface area contributed by atoms with Crippen molar-refractivity contribution in [1.82, 2.24) is 9.97 Å². The number of fused-ring (bicyclic) bond motifs is 1. The average Bonchev–Trinajstić information content (AvgIpc) is 2.20. The zero-order valence-electron chi connectivity index (χ0n) is 7.96. The third-order valence-electron chi connectivity index (χ3n) is 2.18. The number of rotatable bonds is 2. The molecule has 2 rings (SSSR count). The first-order chi connectivity index (χ1) is 7.22. The molecule has 15 heavy (non-hydrogen) atoms. The van der Waals surface area contributed by atoms with Crippen LogP contribution in [0.15, 0.2) is 23.0 Å². The Morgan fingerprint density at radius 2 is 2.27 bits per heavy atom. The Bertz CT molecular complexity index is 550. The molecule has 0 unspecified atom stereocenters. The maximum Gasteiger partial charge on any atom is 0.345 e. The maximum absolute atomic E-state index is 11.3. The molecular weight excluding hydrogens is 214 g/mol. The van der Waals surface area contributed by atoms with Crippen LogP contribution in [0, 0.1) is 0 Å². The van der Waals surface area contributed by atoms with Crippen LogP contribution in [0.5, 0.6) is 0 Å². The number of nitrogens with zero attached hydrogens (tertiary/aromatic N) is 1. The largest absolute Gasteiger partial charge is 0.345 e. The summed E-state index contributed by atoms with van der Waals surface area (Å²) in [6, 6.07) is 5.41. The summed E-state index contributed by atoms with van der Waals surface area (Å²) >= 11 is 5.95. The summed E-state index contributed by atoms with van der Waals surface area (Å²) < 4.78 is 0. The lowest BCUT2D eigenvalue weighted by atomic mass is 10.1. The highest BCUT2D eigenvalue weighted by Gasteiger charge is 2.06. The highest BCUT2D eigenvalue weighted by molar-refractivity contribution is 6.35. The van der Waals surface area contributed by atoms with E-state index in [1.807, 2.05) is 12.1 Å². The number of aromatic amines is 1. The summed E-state index contributed by atoms with van der Waals surface area (Å²) in [4.78, 5) is 17.8. The molecule has 0 atom stereocenters. The molecule has 78 valence electrons. The molecule has 0 aliphatic carbocycles. The Morgan fingerprint density at radius 1 is 1.47 bits per heavy atom. The molecule has 0 saturated heterocycles. The van der Waals surface area contributed by atoms with Crippen LogP contribution >= 0.6 is 11.6 Å². The Labute approximate surface area is 91.1 Å². The van der Waals surface area contributed by atoms with Crippen molar-refractivity contribution in [3.05, 3.63) is 39.4 Å². The molecule has 3 N–H and O–H groups in total. The van der Waals surface area contributed by atoms with Crippen LogP contribution in [-0.4, -0.2) is 16.5 Å². The van der Waals surface area contributed by atoms with Gasteiger partial charge in [-0.3, -0.25) is 0 Å². The van der Waals surface area contributed by atoms with E-state index in [9.17, 15) is 4.79 Å². The second-order valence-electron chi connectivity index (χ2n) is 3.20. The highest BCUT2D eigenvalue weighted by Crippen LogP contribution is 2.21. The van der Waals surface area contributed by atoms with Crippen molar-refractivity contribution in [1.29, 1.82) is 0 Å². The summed E-state index contributed by atoms with van der Waals surface area (Å²) in [7, 11) is 0. The van der Waals surface area contributed by atoms with Gasteiger partial charge in [-0.15, -0.1) is 0 Å². The molecule has 0 spiro atoms. The van der Waals surface area contributed by atoms with Gasteiger partial charge in [0.25, 0.3) is 0 Å². The third kappa shape index (κ3) is 1.86. The summed E-state index contributed by atoms with van der Waals surface area (Å²) in [5.74, 6) is 0. The van der Waals surface area contributed by atoms with Gasteiger partial charge in [0.05, 0.1) is 10.5 Å². The molecule has 1 heterocycles. The number of benzene rings is 1. The van der Waals surface area contributed by atoms with Gasteiger partial charge in [-0.05, 0) is 12.6 Å². The zero-order valence-corrected chi connectivity index (χ0v) is 8.71. The van der Waals surface area contributed by atoms with E-state index in [1.165, 1.54) is 0 Å². The minimum absolute atomic E-state index is 0.390. The quantitative estimate of drug-likeness (QED) is 0.800. The number of hydrogen-bond donors (Lipinski definition) is 2. The van der Waals surface area contributed by atoms with Crippen molar-refractivity contribution in [3.63, 3.8) is 0 Å². The van der Waals surface area contributed by atoms with Crippen molar-refractivity contribution < 1.29 is 0 Å². The number of hydrogen-bond acceptors (Lipinski definition) is 3. The lowest BCUT2D eigenvalue weighted by Crippen LogP contribution is -2.15. The van der Waals surface area contributed by atoms with Crippen LogP contribution in [0.1, 0.15) is 5.69 Å². The third-order valence-corrected chi connectivity index (χ3v) is 2.48. The molecule has 0 amide bonds. The summed E-state index contributed by atoms with van der Waals surface area (Å²) in [5, 5.41) is 1.34. The van der Waals surface area contributed by atoms with Crippen LogP contribution < -0.4 is 11.4 Å². The fraction of sp³-hybridized carbons (Fsp3) is 0.200. The van der Waals surface area contributed by atoms with Crippen LogP contribution in [0.4, 0.5) is 0 Å². The van der Waals surface area contributed by atoms with Crippen molar-refractivity contribution >= 4 is 22.5 Å². The van der Waals surface area contributed by atoms with E-state index in [-0.39, 0.29) is 5.69 Å². The standard InChI is InChI=1S/C10H10ClN3O/c11-7-3-1-2-6-8(4-5-12)13-10(15)14-9(6)7/h1-3H,4-5,12H2,(H,13,14,15). The smallest absolute Gasteiger partial charge is 0.330 e. The Morgan fingerprint density at radius 3 is 3.00 bits per heavy atom. The van der Waals surface area contributed by atoms with Crippen LogP contribution in [0.3, 0.4) is 0 Å². The van der Waals surface area contributed by atoms with Crippen LogP contribution in [0.25, 0.3) is 10.9 Å². The second-order valence-corrected chi connectivity index (χ2v) is 3.60. The van der Waals surface area contributed by atoms with Gasteiger partial charge in [-0.2, -0.15) is 4.98 Å². The lowest BCUT2D eigenvalue weighted by molar-refractivity contribution is 0.910. The second kappa shape index (κ2) is 4.00. The van der Waals surface area contributed by atoms with Crippen molar-refractivity contribution in [2.24, 2.45) is 5.73 Å². The van der Waals surface area contributed by atoms with Gasteiger partial charge in [-0.1, -0.05) is 23.7 Å². The topological polar surface area (TPSA) is 71.8 Å². The predicted octanol–water partition coefficient (Wildman–Crippen LogP) is 1.08. The van der Waals surface area contributed by atoms with Crippen molar-refractivity contribution in [2.45, 2.75) is 6.42 Å². The van der Waals surface area contributed by atoms with Gasteiger partial charge in [0, 0.05) is 17.5 Å². The Kier molecular flexibility index (Phi) is 2.70. The van der Waals surface area contributed by atoms with E-state index in [2.05, 4.69) is 9.97 Å². The molecule has 0 fully saturated rings. The highest BCUT2D eigenvalue weighted by atomic mass is 35.5. The van der Waals surface area contributed by atoms with Gasteiger partial charge >= 0.3 is 5.69 Å². The number of H-pyrrole nitrogens is 1. The molecular formula is C10H10ClN3O. The van der Waals surface area contributed by atoms with Gasteiger partial charge in [0.2, 0.25) is 0 Å². The SMILES string of the molecule is NCCc1[nH]c(=O)nc2c(Cl)cccc12. The number of aromatic nitrogens is 2. The van der Waals surface area contributed by atoms with Crippen LogP contribution in [0.2, 0.25) is 5.02 Å². The predicted molar refractivity (Wildman–Crippen MR) is 60.1 cm³/mol. The van der Waals surface area contributed by atoms with E-state index in [0.717, 1.165) is 11.1 Å². The van der Waals surface area contributed by atoms with E-state index in [4.69, 9.17) is 17.3 Å². The van der Waals surface area contributed by atoms with Gasteiger partial charge in [0.15, 0.2) is 0 Å². The fourth-order valence-electron chi connectivity index (χ4n) is 1.54. The molecule has 0 saturated carbocycles. The molecule has 0 aliphatic rings. The molecule has 1 aromatic heterocycles. The summed E-state index contributed by atoms with van der Waals surface area (Å²) in [5.41, 5.74) is 6.40. The molecule has 0 bridgehead atoms. The van der Waals surface area contributed by atoms with E-state index in [1.54, 1.807) is 6.07 Å². The molecule has 1 aromatic carbocycles. The summed E-state index contributed by atoms with van der Waals surface area (Å²) in [6.45, 7) is 0.474.